The molecule has 0 saturated carbocycles. The number of hydrogen-bond donors (Lipinski definition) is 2. The second kappa shape index (κ2) is 9.16. The number of carbonyl (C=O) groups excluding carboxylic acids is 1. The summed E-state index contributed by atoms with van der Waals surface area (Å²) in [5.74, 6) is -6.75. The largest absolute Gasteiger partial charge is 0.331 e. The van der Waals surface area contributed by atoms with E-state index < -0.39 is 45.9 Å². The lowest BCUT2D eigenvalue weighted by Gasteiger charge is -2.29. The van der Waals surface area contributed by atoms with Gasteiger partial charge in [0.15, 0.2) is 23.3 Å². The van der Waals surface area contributed by atoms with Gasteiger partial charge in [-0.05, 0) is 48.9 Å². The van der Waals surface area contributed by atoms with Crippen LogP contribution in [0.5, 0.6) is 0 Å². The van der Waals surface area contributed by atoms with E-state index in [1.165, 1.54) is 7.05 Å². The normalized spacial score (nSPS) is 16.6. The van der Waals surface area contributed by atoms with Crippen LogP contribution in [-0.2, 0) is 18.0 Å². The van der Waals surface area contributed by atoms with Gasteiger partial charge in [-0.2, -0.15) is 0 Å². The molecule has 1 unspecified atom stereocenters. The Morgan fingerprint density at radius 2 is 1.67 bits per heavy atom. The van der Waals surface area contributed by atoms with E-state index in [0.29, 0.717) is 12.1 Å². The molecule has 0 spiro atoms. The van der Waals surface area contributed by atoms with Gasteiger partial charge in [0, 0.05) is 30.9 Å². The van der Waals surface area contributed by atoms with Gasteiger partial charge in [0.05, 0.1) is 0 Å². The molecule has 2 heterocycles. The zero-order valence-electron chi connectivity index (χ0n) is 16.1. The molecule has 0 bridgehead atoms. The summed E-state index contributed by atoms with van der Waals surface area (Å²) in [5.41, 5.74) is -0.888. The van der Waals surface area contributed by atoms with Crippen LogP contribution >= 0.6 is 15.9 Å². The second-order valence-corrected chi connectivity index (χ2v) is 8.95. The number of halogens is 5. The maximum absolute atomic E-state index is 15.0. The van der Waals surface area contributed by atoms with Gasteiger partial charge in [-0.25, -0.2) is 26.5 Å². The Morgan fingerprint density at radius 3 is 2.23 bits per heavy atom. The fraction of sp³-hybridized carbons (Fsp3) is 0.389. The molecule has 12 heteroatoms. The van der Waals surface area contributed by atoms with Crippen LogP contribution in [0.25, 0.3) is 0 Å². The molecular weight excluding hydrogens is 492 g/mol. The first-order valence-corrected chi connectivity index (χ1v) is 10.9. The molecule has 0 radical (unpaired) electrons. The summed E-state index contributed by atoms with van der Waals surface area (Å²) in [6.07, 6.45) is 1.48. The van der Waals surface area contributed by atoms with Crippen LogP contribution in [0.15, 0.2) is 21.6 Å². The molecule has 164 valence electrons. The quantitative estimate of drug-likeness (QED) is 0.479. The van der Waals surface area contributed by atoms with Crippen LogP contribution in [0.2, 0.25) is 0 Å². The topological polar surface area (TPSA) is 66.4 Å². The average Bonchev–Trinajstić information content (AvgIpc) is 2.90. The van der Waals surface area contributed by atoms with Crippen molar-refractivity contribution in [2.75, 3.05) is 25.5 Å². The summed E-state index contributed by atoms with van der Waals surface area (Å²) in [6.45, 7) is 1.62. The molecule has 2 aromatic rings. The van der Waals surface area contributed by atoms with Crippen LogP contribution in [0.3, 0.4) is 0 Å². The van der Waals surface area contributed by atoms with E-state index in [1.807, 2.05) is 7.05 Å². The summed E-state index contributed by atoms with van der Waals surface area (Å²) in [5, 5.41) is 2.12. The highest BCUT2D eigenvalue weighted by Gasteiger charge is 2.30. The van der Waals surface area contributed by atoms with E-state index in [-0.39, 0.29) is 21.2 Å². The van der Waals surface area contributed by atoms with E-state index in [2.05, 4.69) is 30.9 Å². The number of nitrogens with zero attached hydrogens (tertiary/aromatic N) is 2. The number of nitrogens with one attached hydrogen (secondary N) is 2. The standard InChI is InChI=1S/C18H19BrF4N4O2S/c1-26-5-3-9(4-6-26)25-30(29)16-14(23)15(27(2)17(16)19)18(28)24-10-7-11(20)13(22)12(21)8-10/h7-9,25H,3-6H2,1-2H3,(H,24,28). The summed E-state index contributed by atoms with van der Waals surface area (Å²) in [7, 11) is 1.40. The minimum atomic E-state index is -1.94. The van der Waals surface area contributed by atoms with Gasteiger partial charge >= 0.3 is 0 Å². The first-order chi connectivity index (χ1) is 14.1. The molecule has 30 heavy (non-hydrogen) atoms. The fourth-order valence-electron chi connectivity index (χ4n) is 3.16. The Bertz CT molecular complexity index is 986. The van der Waals surface area contributed by atoms with Crippen LogP contribution in [0.1, 0.15) is 23.3 Å². The summed E-state index contributed by atoms with van der Waals surface area (Å²) < 4.78 is 71.7. The molecule has 1 aliphatic rings. The smallest absolute Gasteiger partial charge is 0.275 e. The Balaban J connectivity index is 1.83. The van der Waals surface area contributed by atoms with Crippen LogP contribution < -0.4 is 10.0 Å². The van der Waals surface area contributed by atoms with Crippen molar-refractivity contribution in [1.29, 1.82) is 0 Å². The number of amides is 1. The molecule has 1 fully saturated rings. The van der Waals surface area contributed by atoms with Gasteiger partial charge in [0.25, 0.3) is 5.91 Å². The fourth-order valence-corrected chi connectivity index (χ4v) is 5.16. The van der Waals surface area contributed by atoms with Gasteiger partial charge in [0.2, 0.25) is 0 Å². The minimum absolute atomic E-state index is 0.0732. The van der Waals surface area contributed by atoms with Crippen LogP contribution in [0, 0.1) is 23.3 Å². The highest BCUT2D eigenvalue weighted by Crippen LogP contribution is 2.29. The van der Waals surface area contributed by atoms with Crippen molar-refractivity contribution in [3.05, 3.63) is 45.7 Å². The number of piperidine rings is 1. The number of rotatable bonds is 5. The number of hydrogen-bond acceptors (Lipinski definition) is 3. The van der Waals surface area contributed by atoms with E-state index in [1.54, 1.807) is 0 Å². The van der Waals surface area contributed by atoms with E-state index in [9.17, 15) is 22.2 Å². The molecule has 1 atom stereocenters. The molecule has 1 aromatic carbocycles. The first-order valence-electron chi connectivity index (χ1n) is 8.96. The van der Waals surface area contributed by atoms with E-state index >= 15 is 4.39 Å². The molecule has 1 amide bonds. The number of likely N-dealkylation sites (tertiary alicyclic amines) is 1. The zero-order chi connectivity index (χ0) is 22.2. The molecule has 1 aliphatic heterocycles. The summed E-state index contributed by atoms with van der Waals surface area (Å²) in [4.78, 5) is 14.4. The zero-order valence-corrected chi connectivity index (χ0v) is 18.5. The van der Waals surface area contributed by atoms with Crippen LogP contribution in [-0.4, -0.2) is 45.8 Å². The highest BCUT2D eigenvalue weighted by molar-refractivity contribution is 9.10. The first kappa shape index (κ1) is 22.9. The number of benzene rings is 1. The predicted octanol–water partition coefficient (Wildman–Crippen LogP) is 3.30. The maximum Gasteiger partial charge on any atom is 0.275 e. The van der Waals surface area contributed by atoms with Gasteiger partial charge in [-0.15, -0.1) is 0 Å². The molecule has 3 rings (SSSR count). The molecule has 1 aromatic heterocycles. The lowest BCUT2D eigenvalue weighted by atomic mass is 10.1. The Hall–Kier alpha value is -1.76. The van der Waals surface area contributed by atoms with E-state index in [0.717, 1.165) is 30.5 Å². The lowest BCUT2D eigenvalue weighted by Crippen LogP contribution is -2.41. The summed E-state index contributed by atoms with van der Waals surface area (Å²) in [6, 6.07) is 1.08. The van der Waals surface area contributed by atoms with Crippen molar-refractivity contribution < 1.29 is 26.6 Å². The predicted molar refractivity (Wildman–Crippen MR) is 107 cm³/mol. The molecular formula is C18H19BrF4N4O2S. The van der Waals surface area contributed by atoms with Gasteiger partial charge < -0.3 is 14.8 Å². The Kier molecular flexibility index (Phi) is 7.00. The molecule has 2 N–H and O–H groups in total. The maximum atomic E-state index is 15.0. The monoisotopic (exact) mass is 510 g/mol. The van der Waals surface area contributed by atoms with Crippen molar-refractivity contribution in [3.63, 3.8) is 0 Å². The van der Waals surface area contributed by atoms with Crippen molar-refractivity contribution in [2.45, 2.75) is 23.8 Å². The summed E-state index contributed by atoms with van der Waals surface area (Å²) >= 11 is 3.15. The van der Waals surface area contributed by atoms with Gasteiger partial charge in [-0.1, -0.05) is 0 Å². The Labute approximate surface area is 181 Å². The Morgan fingerprint density at radius 1 is 1.10 bits per heavy atom. The van der Waals surface area contributed by atoms with Gasteiger partial charge in [-0.3, -0.25) is 4.79 Å². The molecule has 6 nitrogen and oxygen atoms in total. The minimum Gasteiger partial charge on any atom is -0.331 e. The van der Waals surface area contributed by atoms with Crippen molar-refractivity contribution in [3.8, 4) is 0 Å². The second-order valence-electron chi connectivity index (χ2n) is 7.01. The SMILES string of the molecule is CN1CCC(NS(=O)c2c(F)c(C(=O)Nc3cc(F)c(F)c(F)c3)n(C)c2Br)CC1. The van der Waals surface area contributed by atoms with Gasteiger partial charge in [0.1, 0.15) is 26.2 Å². The van der Waals surface area contributed by atoms with Crippen molar-refractivity contribution in [2.24, 2.45) is 7.05 Å². The molecule has 0 aliphatic carbocycles. The van der Waals surface area contributed by atoms with E-state index in [4.69, 9.17) is 0 Å². The van der Waals surface area contributed by atoms with Crippen LogP contribution in [0.4, 0.5) is 23.2 Å². The number of carbonyl (C=O) groups is 1. The lowest BCUT2D eigenvalue weighted by molar-refractivity contribution is 0.101. The number of anilines is 1. The third kappa shape index (κ3) is 4.61. The van der Waals surface area contributed by atoms with Crippen molar-refractivity contribution in [1.82, 2.24) is 14.2 Å². The number of aromatic nitrogens is 1. The van der Waals surface area contributed by atoms with Crippen molar-refractivity contribution >= 4 is 38.5 Å². The third-order valence-electron chi connectivity index (χ3n) is 4.86. The third-order valence-corrected chi connectivity index (χ3v) is 7.34. The highest BCUT2D eigenvalue weighted by atomic mass is 79.9. The molecule has 1 saturated heterocycles. The average molecular weight is 511 g/mol.